The molecule has 102 valence electrons. The molecule has 3 heteroatoms. The van der Waals surface area contributed by atoms with Crippen LogP contribution in [0.4, 0.5) is 0 Å². The third kappa shape index (κ3) is 3.88. The van der Waals surface area contributed by atoms with Crippen LogP contribution in [0.2, 0.25) is 0 Å². The van der Waals surface area contributed by atoms with E-state index in [1.807, 2.05) is 5.51 Å². The molecule has 0 bridgehead atoms. The number of rotatable bonds is 4. The topological polar surface area (TPSA) is 24.9 Å². The van der Waals surface area contributed by atoms with E-state index in [1.165, 1.54) is 16.0 Å². The van der Waals surface area contributed by atoms with Gasteiger partial charge in [0.1, 0.15) is 0 Å². The van der Waals surface area contributed by atoms with E-state index in [0.717, 1.165) is 18.8 Å². The Bertz CT molecular complexity index is 520. The van der Waals surface area contributed by atoms with Gasteiger partial charge in [-0.05, 0) is 23.5 Å². The number of hydrogen-bond acceptors (Lipinski definition) is 3. The summed E-state index contributed by atoms with van der Waals surface area (Å²) in [6, 6.07) is 8.89. The zero-order valence-electron chi connectivity index (χ0n) is 12.2. The van der Waals surface area contributed by atoms with Crippen LogP contribution in [0, 0.1) is 6.92 Å². The fourth-order valence-corrected chi connectivity index (χ4v) is 2.69. The van der Waals surface area contributed by atoms with Gasteiger partial charge < -0.3 is 5.32 Å². The van der Waals surface area contributed by atoms with E-state index in [9.17, 15) is 0 Å². The smallest absolute Gasteiger partial charge is 0.0798 e. The summed E-state index contributed by atoms with van der Waals surface area (Å²) in [7, 11) is 0. The lowest BCUT2D eigenvalue weighted by Crippen LogP contribution is -2.14. The van der Waals surface area contributed by atoms with Crippen molar-refractivity contribution in [3.8, 4) is 0 Å². The van der Waals surface area contributed by atoms with Gasteiger partial charge in [-0.15, -0.1) is 11.3 Å². The molecule has 0 atom stereocenters. The fraction of sp³-hybridized carbons (Fsp3) is 0.438. The Hall–Kier alpha value is -1.19. The van der Waals surface area contributed by atoms with Crippen molar-refractivity contribution >= 4 is 11.3 Å². The molecular weight excluding hydrogens is 252 g/mol. The third-order valence-corrected chi connectivity index (χ3v) is 4.21. The first-order valence-corrected chi connectivity index (χ1v) is 7.54. The van der Waals surface area contributed by atoms with Crippen molar-refractivity contribution in [3.63, 3.8) is 0 Å². The van der Waals surface area contributed by atoms with Gasteiger partial charge in [0.05, 0.1) is 11.2 Å². The Kier molecular flexibility index (Phi) is 4.38. The lowest BCUT2D eigenvalue weighted by atomic mass is 9.87. The monoisotopic (exact) mass is 274 g/mol. The third-order valence-electron chi connectivity index (χ3n) is 3.28. The molecule has 0 radical (unpaired) electrons. The predicted octanol–water partition coefficient (Wildman–Crippen LogP) is 4.04. The normalized spacial score (nSPS) is 11.8. The second-order valence-electron chi connectivity index (χ2n) is 5.91. The van der Waals surface area contributed by atoms with Crippen molar-refractivity contribution < 1.29 is 0 Å². The van der Waals surface area contributed by atoms with Crippen LogP contribution < -0.4 is 5.32 Å². The lowest BCUT2D eigenvalue weighted by Gasteiger charge is -2.19. The molecule has 0 saturated carbocycles. The molecule has 1 heterocycles. The summed E-state index contributed by atoms with van der Waals surface area (Å²) in [6.07, 6.45) is 0. The van der Waals surface area contributed by atoms with Gasteiger partial charge in [0, 0.05) is 18.0 Å². The number of nitrogens with zero attached hydrogens (tertiary/aromatic N) is 1. The largest absolute Gasteiger partial charge is 0.308 e. The first-order valence-electron chi connectivity index (χ1n) is 6.66. The Labute approximate surface area is 119 Å². The number of thiazole rings is 1. The Balaban J connectivity index is 1.89. The maximum absolute atomic E-state index is 4.26. The van der Waals surface area contributed by atoms with E-state index >= 15 is 0 Å². The van der Waals surface area contributed by atoms with Crippen molar-refractivity contribution in [2.75, 3.05) is 0 Å². The van der Waals surface area contributed by atoms with E-state index in [2.05, 4.69) is 62.3 Å². The van der Waals surface area contributed by atoms with E-state index in [0.29, 0.717) is 0 Å². The molecule has 2 nitrogen and oxygen atoms in total. The summed E-state index contributed by atoms with van der Waals surface area (Å²) in [5.41, 5.74) is 5.99. The number of hydrogen-bond donors (Lipinski definition) is 1. The SMILES string of the molecule is Cc1ncsc1CNCc1ccc(C(C)(C)C)cc1. The van der Waals surface area contributed by atoms with Crippen LogP contribution >= 0.6 is 11.3 Å². The molecule has 0 spiro atoms. The molecule has 0 saturated heterocycles. The lowest BCUT2D eigenvalue weighted by molar-refractivity contribution is 0.589. The second-order valence-corrected chi connectivity index (χ2v) is 6.85. The minimum Gasteiger partial charge on any atom is -0.308 e. The molecule has 2 aromatic rings. The van der Waals surface area contributed by atoms with Crippen LogP contribution in [0.15, 0.2) is 29.8 Å². The number of benzene rings is 1. The molecule has 0 aliphatic rings. The second kappa shape index (κ2) is 5.85. The van der Waals surface area contributed by atoms with Crippen molar-refractivity contribution in [2.45, 2.75) is 46.2 Å². The van der Waals surface area contributed by atoms with Gasteiger partial charge in [0.25, 0.3) is 0 Å². The van der Waals surface area contributed by atoms with Crippen LogP contribution in [0.3, 0.4) is 0 Å². The summed E-state index contributed by atoms with van der Waals surface area (Å²) in [4.78, 5) is 5.58. The molecule has 0 fully saturated rings. The van der Waals surface area contributed by atoms with Crippen molar-refractivity contribution in [2.24, 2.45) is 0 Å². The van der Waals surface area contributed by atoms with E-state index < -0.39 is 0 Å². The summed E-state index contributed by atoms with van der Waals surface area (Å²) >= 11 is 1.72. The molecule has 1 N–H and O–H groups in total. The van der Waals surface area contributed by atoms with Gasteiger partial charge >= 0.3 is 0 Å². The van der Waals surface area contributed by atoms with Gasteiger partial charge in [-0.1, -0.05) is 45.0 Å². The number of aromatic nitrogens is 1. The molecule has 1 aromatic carbocycles. The van der Waals surface area contributed by atoms with Crippen LogP contribution in [-0.4, -0.2) is 4.98 Å². The summed E-state index contributed by atoms with van der Waals surface area (Å²) in [5, 5.41) is 3.47. The zero-order chi connectivity index (χ0) is 13.9. The Morgan fingerprint density at radius 2 is 1.79 bits per heavy atom. The maximum Gasteiger partial charge on any atom is 0.0798 e. The molecule has 0 aliphatic carbocycles. The van der Waals surface area contributed by atoms with Gasteiger partial charge in [-0.25, -0.2) is 4.98 Å². The van der Waals surface area contributed by atoms with E-state index in [-0.39, 0.29) is 5.41 Å². The summed E-state index contributed by atoms with van der Waals surface area (Å²) < 4.78 is 0. The Morgan fingerprint density at radius 3 is 2.32 bits per heavy atom. The molecule has 0 unspecified atom stereocenters. The highest BCUT2D eigenvalue weighted by molar-refractivity contribution is 7.09. The molecule has 0 amide bonds. The molecular formula is C16H22N2S. The van der Waals surface area contributed by atoms with Crippen LogP contribution in [0.5, 0.6) is 0 Å². The standard InChI is InChI=1S/C16H22N2S/c1-12-15(19-11-18-12)10-17-9-13-5-7-14(8-6-13)16(2,3)4/h5-8,11,17H,9-10H2,1-4H3. The van der Waals surface area contributed by atoms with Crippen molar-refractivity contribution in [1.29, 1.82) is 0 Å². The van der Waals surface area contributed by atoms with Crippen LogP contribution in [0.1, 0.15) is 42.5 Å². The van der Waals surface area contributed by atoms with Gasteiger partial charge in [0.15, 0.2) is 0 Å². The van der Waals surface area contributed by atoms with Crippen molar-refractivity contribution in [3.05, 3.63) is 51.5 Å². The quantitative estimate of drug-likeness (QED) is 0.910. The highest BCUT2D eigenvalue weighted by Gasteiger charge is 2.12. The van der Waals surface area contributed by atoms with E-state index in [1.54, 1.807) is 11.3 Å². The van der Waals surface area contributed by atoms with Gasteiger partial charge in [-0.2, -0.15) is 0 Å². The average Bonchev–Trinajstić information content (AvgIpc) is 2.75. The molecule has 0 aliphatic heterocycles. The first-order chi connectivity index (χ1) is 8.97. The van der Waals surface area contributed by atoms with E-state index in [4.69, 9.17) is 0 Å². The maximum atomic E-state index is 4.26. The van der Waals surface area contributed by atoms with Crippen molar-refractivity contribution in [1.82, 2.24) is 10.3 Å². The van der Waals surface area contributed by atoms with Gasteiger partial charge in [-0.3, -0.25) is 0 Å². The van der Waals surface area contributed by atoms with Gasteiger partial charge in [0.2, 0.25) is 0 Å². The first kappa shape index (κ1) is 14.2. The van der Waals surface area contributed by atoms with Crippen LogP contribution in [0.25, 0.3) is 0 Å². The number of aryl methyl sites for hydroxylation is 1. The highest BCUT2D eigenvalue weighted by atomic mass is 32.1. The zero-order valence-corrected chi connectivity index (χ0v) is 13.0. The molecule has 2 rings (SSSR count). The molecule has 19 heavy (non-hydrogen) atoms. The molecule has 1 aromatic heterocycles. The average molecular weight is 274 g/mol. The minimum absolute atomic E-state index is 0.228. The fourth-order valence-electron chi connectivity index (χ4n) is 1.94. The predicted molar refractivity (Wildman–Crippen MR) is 82.5 cm³/mol. The summed E-state index contributed by atoms with van der Waals surface area (Å²) in [5.74, 6) is 0. The number of nitrogens with one attached hydrogen (secondary N) is 1. The highest BCUT2D eigenvalue weighted by Crippen LogP contribution is 2.22. The van der Waals surface area contributed by atoms with Crippen LogP contribution in [-0.2, 0) is 18.5 Å². The summed E-state index contributed by atoms with van der Waals surface area (Å²) in [6.45, 7) is 10.6. The minimum atomic E-state index is 0.228. The Morgan fingerprint density at radius 1 is 1.11 bits per heavy atom.